The maximum atomic E-state index is 12.2. The number of hydrogen-bond acceptors (Lipinski definition) is 5. The zero-order chi connectivity index (χ0) is 16.6. The first kappa shape index (κ1) is 15.8. The Hall–Kier alpha value is -2.13. The van der Waals surface area contributed by atoms with E-state index in [-0.39, 0.29) is 29.0 Å². The molecule has 8 nitrogen and oxygen atoms in total. The van der Waals surface area contributed by atoms with Gasteiger partial charge in [-0.15, -0.1) is 0 Å². The van der Waals surface area contributed by atoms with E-state index in [1.165, 1.54) is 22.8 Å². The second-order valence-corrected chi connectivity index (χ2v) is 7.18. The van der Waals surface area contributed by atoms with E-state index in [1.807, 2.05) is 0 Å². The van der Waals surface area contributed by atoms with Gasteiger partial charge in [-0.25, -0.2) is 17.9 Å². The van der Waals surface area contributed by atoms with Crippen molar-refractivity contribution < 1.29 is 17.6 Å². The molecule has 0 aliphatic heterocycles. The van der Waals surface area contributed by atoms with Gasteiger partial charge < -0.3 is 9.73 Å². The lowest BCUT2D eigenvalue weighted by Gasteiger charge is -2.07. The van der Waals surface area contributed by atoms with Crippen molar-refractivity contribution in [3.63, 3.8) is 0 Å². The maximum Gasteiger partial charge on any atom is 0.419 e. The minimum absolute atomic E-state index is 0.0544. The van der Waals surface area contributed by atoms with E-state index in [4.69, 9.17) is 4.42 Å². The molecule has 1 aliphatic carbocycles. The first-order valence-electron chi connectivity index (χ1n) is 7.33. The maximum absolute atomic E-state index is 12.2. The minimum Gasteiger partial charge on any atom is -0.408 e. The fourth-order valence-electron chi connectivity index (χ4n) is 2.26. The highest BCUT2D eigenvalue weighted by Gasteiger charge is 2.24. The Morgan fingerprint density at radius 3 is 2.78 bits per heavy atom. The highest BCUT2D eigenvalue weighted by molar-refractivity contribution is 7.89. The van der Waals surface area contributed by atoms with Crippen LogP contribution in [-0.4, -0.2) is 31.5 Å². The van der Waals surface area contributed by atoms with Crippen LogP contribution in [0.15, 0.2) is 32.3 Å². The van der Waals surface area contributed by atoms with E-state index in [2.05, 4.69) is 10.0 Å². The summed E-state index contributed by atoms with van der Waals surface area (Å²) in [7, 11) is -3.85. The molecule has 2 N–H and O–H groups in total. The van der Waals surface area contributed by atoms with Gasteiger partial charge in [0.15, 0.2) is 5.58 Å². The molecule has 124 valence electrons. The lowest BCUT2D eigenvalue weighted by molar-refractivity contribution is -0.120. The van der Waals surface area contributed by atoms with Crippen molar-refractivity contribution in [3.8, 4) is 0 Å². The summed E-state index contributed by atoms with van der Waals surface area (Å²) in [5.41, 5.74) is 0.727. The molecule has 0 spiro atoms. The third-order valence-corrected chi connectivity index (χ3v) is 5.03. The topological polar surface area (TPSA) is 110 Å². The lowest BCUT2D eigenvalue weighted by atomic mass is 10.3. The van der Waals surface area contributed by atoms with Gasteiger partial charge in [0, 0.05) is 18.7 Å². The van der Waals surface area contributed by atoms with Gasteiger partial charge >= 0.3 is 5.76 Å². The van der Waals surface area contributed by atoms with Gasteiger partial charge in [0.1, 0.15) is 0 Å². The molecule has 0 atom stereocenters. The normalized spacial score (nSPS) is 15.0. The smallest absolute Gasteiger partial charge is 0.408 e. The fraction of sp³-hybridized carbons (Fsp3) is 0.429. The van der Waals surface area contributed by atoms with Crippen LogP contribution < -0.4 is 15.8 Å². The van der Waals surface area contributed by atoms with E-state index < -0.39 is 15.8 Å². The number of benzene rings is 1. The van der Waals surface area contributed by atoms with E-state index in [1.54, 1.807) is 6.92 Å². The van der Waals surface area contributed by atoms with Crippen molar-refractivity contribution in [2.75, 3.05) is 6.54 Å². The second-order valence-electron chi connectivity index (χ2n) is 5.41. The molecule has 0 bridgehead atoms. The van der Waals surface area contributed by atoms with Crippen LogP contribution in [0.25, 0.3) is 11.1 Å². The van der Waals surface area contributed by atoms with Crippen molar-refractivity contribution >= 4 is 27.0 Å². The molecule has 0 saturated heterocycles. The minimum atomic E-state index is -3.85. The number of oxazole rings is 1. The molecule has 23 heavy (non-hydrogen) atoms. The third kappa shape index (κ3) is 3.30. The Morgan fingerprint density at radius 2 is 2.13 bits per heavy atom. The van der Waals surface area contributed by atoms with Gasteiger partial charge in [-0.05, 0) is 31.9 Å². The number of rotatable bonds is 6. The van der Waals surface area contributed by atoms with Crippen molar-refractivity contribution in [2.45, 2.75) is 37.2 Å². The molecule has 0 unspecified atom stereocenters. The van der Waals surface area contributed by atoms with Crippen molar-refractivity contribution in [1.29, 1.82) is 0 Å². The number of fused-ring (bicyclic) bond motifs is 1. The van der Waals surface area contributed by atoms with Gasteiger partial charge in [0.2, 0.25) is 15.9 Å². The molecule has 1 fully saturated rings. The molecular formula is C14H17N3O5S. The Bertz CT molecular complexity index is 908. The lowest BCUT2D eigenvalue weighted by Crippen LogP contribution is -2.37. The first-order valence-corrected chi connectivity index (χ1v) is 8.81. The third-order valence-electron chi connectivity index (χ3n) is 3.63. The molecule has 1 heterocycles. The Labute approximate surface area is 132 Å². The van der Waals surface area contributed by atoms with E-state index in [9.17, 15) is 18.0 Å². The molecule has 9 heteroatoms. The van der Waals surface area contributed by atoms with Gasteiger partial charge in [-0.2, -0.15) is 0 Å². The van der Waals surface area contributed by atoms with Crippen LogP contribution in [0.1, 0.15) is 19.8 Å². The molecule has 1 aromatic carbocycles. The van der Waals surface area contributed by atoms with E-state index in [0.29, 0.717) is 12.1 Å². The zero-order valence-electron chi connectivity index (χ0n) is 12.5. The SMILES string of the molecule is CCn1c(=O)oc2cc(S(=O)(=O)NCC(=O)NC3CC3)ccc21. The molecule has 2 aromatic rings. The highest BCUT2D eigenvalue weighted by atomic mass is 32.2. The highest BCUT2D eigenvalue weighted by Crippen LogP contribution is 2.19. The van der Waals surface area contributed by atoms with Crippen LogP contribution in [0.4, 0.5) is 0 Å². The van der Waals surface area contributed by atoms with Crippen LogP contribution in [0, 0.1) is 0 Å². The number of carbonyl (C=O) groups is 1. The van der Waals surface area contributed by atoms with Crippen LogP contribution in [0.5, 0.6) is 0 Å². The Morgan fingerprint density at radius 1 is 1.39 bits per heavy atom. The summed E-state index contributed by atoms with van der Waals surface area (Å²) < 4.78 is 33.1. The van der Waals surface area contributed by atoms with Gasteiger partial charge in [0.05, 0.1) is 17.0 Å². The summed E-state index contributed by atoms with van der Waals surface area (Å²) in [5, 5.41) is 2.70. The Kier molecular flexibility index (Phi) is 3.99. The number of carbonyl (C=O) groups excluding carboxylic acids is 1. The van der Waals surface area contributed by atoms with E-state index in [0.717, 1.165) is 12.8 Å². The summed E-state index contributed by atoms with van der Waals surface area (Å²) in [5.74, 6) is -0.894. The Balaban J connectivity index is 1.80. The second kappa shape index (κ2) is 5.82. The molecule has 0 radical (unpaired) electrons. The van der Waals surface area contributed by atoms with Crippen molar-refractivity contribution in [3.05, 3.63) is 28.7 Å². The zero-order valence-corrected chi connectivity index (χ0v) is 13.4. The van der Waals surface area contributed by atoms with E-state index >= 15 is 0 Å². The number of aryl methyl sites for hydroxylation is 1. The number of nitrogens with zero attached hydrogens (tertiary/aromatic N) is 1. The fourth-order valence-corrected chi connectivity index (χ4v) is 3.26. The van der Waals surface area contributed by atoms with Crippen LogP contribution in [0.2, 0.25) is 0 Å². The van der Waals surface area contributed by atoms with Crippen LogP contribution >= 0.6 is 0 Å². The average molecular weight is 339 g/mol. The molecular weight excluding hydrogens is 322 g/mol. The van der Waals surface area contributed by atoms with Crippen molar-refractivity contribution in [2.24, 2.45) is 0 Å². The molecule has 3 rings (SSSR count). The molecule has 1 saturated carbocycles. The average Bonchev–Trinajstić information content (AvgIpc) is 3.25. The van der Waals surface area contributed by atoms with Gasteiger partial charge in [0.25, 0.3) is 0 Å². The summed E-state index contributed by atoms with van der Waals surface area (Å²) >= 11 is 0. The number of aromatic nitrogens is 1. The van der Waals surface area contributed by atoms with Crippen LogP contribution in [0.3, 0.4) is 0 Å². The van der Waals surface area contributed by atoms with Gasteiger partial charge in [-0.1, -0.05) is 0 Å². The number of sulfonamides is 1. The predicted molar refractivity (Wildman–Crippen MR) is 82.5 cm³/mol. The summed E-state index contributed by atoms with van der Waals surface area (Å²) in [4.78, 5) is 23.1. The predicted octanol–water partition coefficient (Wildman–Crippen LogP) is 0.171. The first-order chi connectivity index (χ1) is 10.9. The summed E-state index contributed by atoms with van der Waals surface area (Å²) in [6.07, 6.45) is 1.87. The molecule has 1 aromatic heterocycles. The number of nitrogens with one attached hydrogen (secondary N) is 2. The summed E-state index contributed by atoms with van der Waals surface area (Å²) in [6, 6.07) is 4.35. The molecule has 1 aliphatic rings. The van der Waals surface area contributed by atoms with Crippen LogP contribution in [-0.2, 0) is 21.4 Å². The van der Waals surface area contributed by atoms with Gasteiger partial charge in [-0.3, -0.25) is 9.36 Å². The largest absolute Gasteiger partial charge is 0.419 e. The van der Waals surface area contributed by atoms with Crippen molar-refractivity contribution in [1.82, 2.24) is 14.6 Å². The monoisotopic (exact) mass is 339 g/mol. The molecule has 1 amide bonds. The number of hydrogen-bond donors (Lipinski definition) is 2. The standard InChI is InChI=1S/C14H17N3O5S/c1-2-17-11-6-5-10(7-12(11)22-14(17)19)23(20,21)15-8-13(18)16-9-3-4-9/h5-7,9,15H,2-4,8H2,1H3,(H,16,18). The quantitative estimate of drug-likeness (QED) is 0.779. The summed E-state index contributed by atoms with van der Waals surface area (Å²) in [6.45, 7) is 1.90. The number of amides is 1.